The van der Waals surface area contributed by atoms with E-state index in [-0.39, 0.29) is 17.2 Å². The fourth-order valence-electron chi connectivity index (χ4n) is 3.06. The van der Waals surface area contributed by atoms with Gasteiger partial charge in [-0.3, -0.25) is 14.2 Å². The third kappa shape index (κ3) is 4.41. The number of nitrogens with zero attached hydrogens (tertiary/aromatic N) is 2. The van der Waals surface area contributed by atoms with E-state index in [0.717, 1.165) is 23.0 Å². The number of thioether (sulfide) groups is 1. The number of methoxy groups -OCH3 is 1. The van der Waals surface area contributed by atoms with Crippen LogP contribution < -0.4 is 15.6 Å². The second-order valence-electron chi connectivity index (χ2n) is 6.55. The standard InChI is InChI=1S/C21H18N4O3S3/c1-12-7-3-5-9-14(12)25-18-17(31-21(25)29)19(27)24-20(23-18)30-11-16(26)22-13-8-4-6-10-15(13)28-2/h3-10H,11H2,1-2H3,(H,22,26)(H,23,24,27). The number of carbonyl (C=O) groups is 1. The van der Waals surface area contributed by atoms with Crippen LogP contribution in [0.25, 0.3) is 16.0 Å². The first kappa shape index (κ1) is 21.3. The van der Waals surface area contributed by atoms with Crippen LogP contribution in [-0.4, -0.2) is 33.3 Å². The molecule has 31 heavy (non-hydrogen) atoms. The summed E-state index contributed by atoms with van der Waals surface area (Å²) in [6.07, 6.45) is 0. The summed E-state index contributed by atoms with van der Waals surface area (Å²) in [6.45, 7) is 1.98. The van der Waals surface area contributed by atoms with E-state index < -0.39 is 0 Å². The van der Waals surface area contributed by atoms with Crippen molar-refractivity contribution < 1.29 is 9.53 Å². The maximum Gasteiger partial charge on any atom is 0.271 e. The van der Waals surface area contributed by atoms with Gasteiger partial charge in [-0.15, -0.1) is 0 Å². The lowest BCUT2D eigenvalue weighted by Crippen LogP contribution is -2.16. The highest BCUT2D eigenvalue weighted by Crippen LogP contribution is 2.27. The largest absolute Gasteiger partial charge is 0.495 e. The van der Waals surface area contributed by atoms with E-state index in [4.69, 9.17) is 17.0 Å². The number of fused-ring (bicyclic) bond motifs is 1. The van der Waals surface area contributed by atoms with Crippen molar-refractivity contribution >= 4 is 57.3 Å². The molecule has 0 unspecified atom stereocenters. The van der Waals surface area contributed by atoms with Crippen LogP contribution in [0.3, 0.4) is 0 Å². The molecule has 0 aliphatic heterocycles. The number of aromatic amines is 1. The zero-order chi connectivity index (χ0) is 22.0. The summed E-state index contributed by atoms with van der Waals surface area (Å²) in [6, 6.07) is 14.9. The van der Waals surface area contributed by atoms with Gasteiger partial charge in [-0.2, -0.15) is 0 Å². The number of carbonyl (C=O) groups excluding carboxylic acids is 1. The monoisotopic (exact) mass is 470 g/mol. The molecule has 0 saturated carbocycles. The van der Waals surface area contributed by atoms with E-state index in [1.807, 2.05) is 43.3 Å². The van der Waals surface area contributed by atoms with Crippen molar-refractivity contribution in [3.8, 4) is 11.4 Å². The molecule has 0 saturated heterocycles. The minimum Gasteiger partial charge on any atom is -0.495 e. The zero-order valence-corrected chi connectivity index (χ0v) is 19.1. The van der Waals surface area contributed by atoms with Gasteiger partial charge >= 0.3 is 0 Å². The highest BCUT2D eigenvalue weighted by atomic mass is 32.2. The molecule has 4 rings (SSSR count). The number of benzene rings is 2. The lowest BCUT2D eigenvalue weighted by atomic mass is 10.2. The maximum atomic E-state index is 12.6. The van der Waals surface area contributed by atoms with Crippen molar-refractivity contribution in [3.63, 3.8) is 0 Å². The van der Waals surface area contributed by atoms with Crippen LogP contribution >= 0.6 is 35.3 Å². The summed E-state index contributed by atoms with van der Waals surface area (Å²) in [5.74, 6) is 0.407. The molecule has 2 aromatic heterocycles. The highest BCUT2D eigenvalue weighted by Gasteiger charge is 2.16. The molecule has 0 fully saturated rings. The molecule has 0 radical (unpaired) electrons. The molecule has 7 nitrogen and oxygen atoms in total. The van der Waals surface area contributed by atoms with Crippen LogP contribution in [0, 0.1) is 10.9 Å². The van der Waals surface area contributed by atoms with E-state index in [0.29, 0.717) is 30.9 Å². The summed E-state index contributed by atoms with van der Waals surface area (Å²) < 4.78 is 8.05. The van der Waals surface area contributed by atoms with Crippen LogP contribution in [0.1, 0.15) is 5.56 Å². The molecule has 1 amide bonds. The Bertz CT molecular complexity index is 1390. The Kier molecular flexibility index (Phi) is 6.21. The lowest BCUT2D eigenvalue weighted by molar-refractivity contribution is -0.113. The number of hydrogen-bond acceptors (Lipinski definition) is 7. The number of aromatic nitrogens is 3. The lowest BCUT2D eigenvalue weighted by Gasteiger charge is -2.10. The van der Waals surface area contributed by atoms with Gasteiger partial charge in [0.05, 0.1) is 24.2 Å². The average Bonchev–Trinajstić information content (AvgIpc) is 3.09. The van der Waals surface area contributed by atoms with Gasteiger partial charge in [0.15, 0.2) is 14.8 Å². The fourth-order valence-corrected chi connectivity index (χ4v) is 4.97. The van der Waals surface area contributed by atoms with Crippen LogP contribution in [-0.2, 0) is 4.79 Å². The number of anilines is 1. The van der Waals surface area contributed by atoms with Crippen molar-refractivity contribution in [2.24, 2.45) is 0 Å². The Hall–Kier alpha value is -2.95. The van der Waals surface area contributed by atoms with E-state index >= 15 is 0 Å². The van der Waals surface area contributed by atoms with Crippen molar-refractivity contribution in [1.82, 2.24) is 14.5 Å². The zero-order valence-electron chi connectivity index (χ0n) is 16.7. The molecule has 2 N–H and O–H groups in total. The summed E-state index contributed by atoms with van der Waals surface area (Å²) in [7, 11) is 1.54. The summed E-state index contributed by atoms with van der Waals surface area (Å²) in [5, 5.41) is 3.16. The Morgan fingerprint density at radius 3 is 2.77 bits per heavy atom. The second kappa shape index (κ2) is 9.04. The Balaban J connectivity index is 1.61. The van der Waals surface area contributed by atoms with Gasteiger partial charge in [0.25, 0.3) is 5.56 Å². The molecule has 4 aromatic rings. The maximum absolute atomic E-state index is 12.6. The highest BCUT2D eigenvalue weighted by molar-refractivity contribution is 7.99. The van der Waals surface area contributed by atoms with E-state index in [9.17, 15) is 9.59 Å². The van der Waals surface area contributed by atoms with Crippen molar-refractivity contribution in [2.75, 3.05) is 18.2 Å². The number of aryl methyl sites for hydroxylation is 1. The molecule has 10 heteroatoms. The molecule has 2 aromatic carbocycles. The Labute approximate surface area is 191 Å². The third-order valence-corrected chi connectivity index (χ3v) is 6.73. The molecule has 2 heterocycles. The van der Waals surface area contributed by atoms with E-state index in [1.54, 1.807) is 23.8 Å². The Morgan fingerprint density at radius 2 is 2.00 bits per heavy atom. The molecular weight excluding hydrogens is 452 g/mol. The van der Waals surface area contributed by atoms with Crippen LogP contribution in [0.2, 0.25) is 0 Å². The van der Waals surface area contributed by atoms with Crippen molar-refractivity contribution in [2.45, 2.75) is 12.1 Å². The molecule has 158 valence electrons. The molecule has 0 atom stereocenters. The SMILES string of the molecule is COc1ccccc1NC(=O)CSc1nc2c(sc(=S)n2-c2ccccc2C)c(=O)[nH]1. The quantitative estimate of drug-likeness (QED) is 0.244. The molecule has 0 bridgehead atoms. The number of hydrogen-bond donors (Lipinski definition) is 2. The van der Waals surface area contributed by atoms with Crippen molar-refractivity contribution in [3.05, 3.63) is 68.4 Å². The minimum atomic E-state index is -0.277. The van der Waals surface area contributed by atoms with Gasteiger partial charge in [0, 0.05) is 0 Å². The molecule has 0 aliphatic carbocycles. The molecular formula is C21H18N4O3S3. The third-order valence-electron chi connectivity index (χ3n) is 4.50. The summed E-state index contributed by atoms with van der Waals surface area (Å²) in [5.41, 5.74) is 2.69. The second-order valence-corrected chi connectivity index (χ2v) is 9.16. The van der Waals surface area contributed by atoms with Gasteiger partial charge in [0.1, 0.15) is 10.4 Å². The first-order valence-electron chi connectivity index (χ1n) is 9.25. The first-order valence-corrected chi connectivity index (χ1v) is 11.5. The normalized spacial score (nSPS) is 10.9. The van der Waals surface area contributed by atoms with E-state index in [2.05, 4.69) is 15.3 Å². The number of ether oxygens (including phenoxy) is 1. The number of H-pyrrole nitrogens is 1. The first-order chi connectivity index (χ1) is 15.0. The topological polar surface area (TPSA) is 89.0 Å². The van der Waals surface area contributed by atoms with E-state index in [1.165, 1.54) is 11.3 Å². The van der Waals surface area contributed by atoms with Crippen LogP contribution in [0.15, 0.2) is 58.5 Å². The number of amides is 1. The van der Waals surface area contributed by atoms with Gasteiger partial charge in [-0.05, 0) is 42.9 Å². The fraction of sp³-hybridized carbons (Fsp3) is 0.143. The van der Waals surface area contributed by atoms with Gasteiger partial charge in [-0.25, -0.2) is 4.98 Å². The number of nitrogens with one attached hydrogen (secondary N) is 2. The van der Waals surface area contributed by atoms with Crippen LogP contribution in [0.4, 0.5) is 5.69 Å². The molecule has 0 aliphatic rings. The van der Waals surface area contributed by atoms with Crippen LogP contribution in [0.5, 0.6) is 5.75 Å². The van der Waals surface area contributed by atoms with Gasteiger partial charge in [-0.1, -0.05) is 53.4 Å². The van der Waals surface area contributed by atoms with Gasteiger partial charge < -0.3 is 15.0 Å². The number of thiazole rings is 1. The smallest absolute Gasteiger partial charge is 0.271 e. The predicted octanol–water partition coefficient (Wildman–Crippen LogP) is 4.55. The number of rotatable bonds is 6. The number of para-hydroxylation sites is 3. The summed E-state index contributed by atoms with van der Waals surface area (Å²) >= 11 is 7.87. The van der Waals surface area contributed by atoms with Crippen molar-refractivity contribution in [1.29, 1.82) is 0 Å². The average molecular weight is 471 g/mol. The summed E-state index contributed by atoms with van der Waals surface area (Å²) in [4.78, 5) is 32.4. The van der Waals surface area contributed by atoms with Gasteiger partial charge in [0.2, 0.25) is 5.91 Å². The minimum absolute atomic E-state index is 0.0712. The molecule has 0 spiro atoms. The predicted molar refractivity (Wildman–Crippen MR) is 127 cm³/mol. The Morgan fingerprint density at radius 1 is 1.26 bits per heavy atom.